The van der Waals surface area contributed by atoms with Crippen LogP contribution in [0.5, 0.6) is 0 Å². The van der Waals surface area contributed by atoms with E-state index in [9.17, 15) is 0 Å². The maximum atomic E-state index is 5.83. The summed E-state index contributed by atoms with van der Waals surface area (Å²) < 4.78 is 0. The van der Waals surface area contributed by atoms with E-state index < -0.39 is 0 Å². The van der Waals surface area contributed by atoms with Crippen molar-refractivity contribution in [3.05, 3.63) is 11.9 Å². The molecule has 1 aromatic rings. The molecule has 0 bridgehead atoms. The Bertz CT molecular complexity index is 423. The highest BCUT2D eigenvalue weighted by atomic mass is 15.5. The Kier molecular flexibility index (Phi) is 3.05. The van der Waals surface area contributed by atoms with E-state index in [4.69, 9.17) is 5.73 Å². The van der Waals surface area contributed by atoms with Crippen LogP contribution in [0.25, 0.3) is 0 Å². The Labute approximate surface area is 107 Å². The molecule has 3 N–H and O–H groups in total. The van der Waals surface area contributed by atoms with Gasteiger partial charge in [0.05, 0.1) is 0 Å². The van der Waals surface area contributed by atoms with E-state index in [1.54, 1.807) is 0 Å². The van der Waals surface area contributed by atoms with Crippen LogP contribution in [0, 0.1) is 0 Å². The Hall–Kier alpha value is -1.40. The maximum absolute atomic E-state index is 5.83. The molecule has 98 valence electrons. The van der Waals surface area contributed by atoms with Crippen molar-refractivity contribution in [3.8, 4) is 0 Å². The molecule has 3 rings (SSSR count). The van der Waals surface area contributed by atoms with Crippen molar-refractivity contribution in [1.82, 2.24) is 19.9 Å². The number of hydrazine groups is 1. The predicted molar refractivity (Wildman–Crippen MR) is 71.1 cm³/mol. The van der Waals surface area contributed by atoms with Gasteiger partial charge in [0.2, 0.25) is 0 Å². The van der Waals surface area contributed by atoms with E-state index >= 15 is 0 Å². The molecule has 1 aliphatic heterocycles. The number of nitrogens with two attached hydrogens (primary N) is 1. The van der Waals surface area contributed by atoms with Crippen LogP contribution in [-0.4, -0.2) is 53.1 Å². The Morgan fingerprint density at radius 2 is 1.94 bits per heavy atom. The van der Waals surface area contributed by atoms with Crippen molar-refractivity contribution >= 4 is 11.6 Å². The van der Waals surface area contributed by atoms with Gasteiger partial charge in [-0.1, -0.05) is 0 Å². The number of rotatable bonds is 3. The second-order valence-electron chi connectivity index (χ2n) is 5.21. The van der Waals surface area contributed by atoms with E-state index in [2.05, 4.69) is 32.4 Å². The smallest absolute Gasteiger partial charge is 0.146 e. The van der Waals surface area contributed by atoms with E-state index in [0.29, 0.717) is 11.7 Å². The van der Waals surface area contributed by atoms with Gasteiger partial charge in [0, 0.05) is 38.2 Å². The zero-order valence-electron chi connectivity index (χ0n) is 10.8. The highest BCUT2D eigenvalue weighted by Gasteiger charge is 2.27. The summed E-state index contributed by atoms with van der Waals surface area (Å²) in [5, 5.41) is 2.19. The van der Waals surface area contributed by atoms with Gasteiger partial charge in [0.1, 0.15) is 17.5 Å². The Morgan fingerprint density at radius 1 is 1.22 bits per heavy atom. The quantitative estimate of drug-likeness (QED) is 0.812. The van der Waals surface area contributed by atoms with Gasteiger partial charge in [-0.15, -0.1) is 0 Å². The normalized spacial score (nSPS) is 22.1. The van der Waals surface area contributed by atoms with Gasteiger partial charge in [0.25, 0.3) is 0 Å². The van der Waals surface area contributed by atoms with Crippen LogP contribution in [0.1, 0.15) is 24.6 Å². The van der Waals surface area contributed by atoms with E-state index in [1.165, 1.54) is 12.8 Å². The van der Waals surface area contributed by atoms with Crippen LogP contribution < -0.4 is 11.2 Å². The van der Waals surface area contributed by atoms with Gasteiger partial charge < -0.3 is 16.1 Å². The third-order valence-electron chi connectivity index (χ3n) is 3.48. The number of nitrogens with one attached hydrogen (secondary N) is 1. The minimum atomic E-state index is 0.529. The van der Waals surface area contributed by atoms with Crippen LogP contribution in [-0.2, 0) is 0 Å². The molecule has 6 heteroatoms. The van der Waals surface area contributed by atoms with Crippen LogP contribution in [0.4, 0.5) is 11.6 Å². The molecule has 0 unspecified atom stereocenters. The summed E-state index contributed by atoms with van der Waals surface area (Å²) in [5.41, 5.74) is 9.18. The van der Waals surface area contributed by atoms with E-state index in [0.717, 1.165) is 37.8 Å². The van der Waals surface area contributed by atoms with Crippen molar-refractivity contribution < 1.29 is 0 Å². The van der Waals surface area contributed by atoms with E-state index in [1.807, 2.05) is 6.07 Å². The molecule has 1 aromatic heterocycles. The first-order chi connectivity index (χ1) is 8.70. The minimum Gasteiger partial charge on any atom is -0.384 e. The average Bonchev–Trinajstić information content (AvgIpc) is 3.15. The molecule has 1 saturated carbocycles. The fraction of sp³-hybridized carbons (Fsp3) is 0.667. The number of hydrogen-bond donors (Lipinski definition) is 2. The second-order valence-corrected chi connectivity index (χ2v) is 5.21. The Balaban J connectivity index is 1.68. The SMILES string of the molecule is CN1CCN(Nc2cc(N)nc(C3CC3)n2)CC1. The lowest BCUT2D eigenvalue weighted by atomic mass is 10.3. The van der Waals surface area contributed by atoms with Gasteiger partial charge >= 0.3 is 0 Å². The molecule has 1 saturated heterocycles. The molecule has 0 radical (unpaired) electrons. The predicted octanol–water partition coefficient (Wildman–Crippen LogP) is 0.510. The zero-order chi connectivity index (χ0) is 12.5. The summed E-state index contributed by atoms with van der Waals surface area (Å²) in [6.07, 6.45) is 2.38. The number of hydrogen-bond acceptors (Lipinski definition) is 6. The average molecular weight is 248 g/mol. The van der Waals surface area contributed by atoms with Gasteiger partial charge in [-0.05, 0) is 19.9 Å². The molecule has 0 aromatic carbocycles. The summed E-state index contributed by atoms with van der Waals surface area (Å²) in [4.78, 5) is 11.2. The van der Waals surface area contributed by atoms with Crippen molar-refractivity contribution in [3.63, 3.8) is 0 Å². The number of anilines is 2. The third kappa shape index (κ3) is 2.70. The maximum Gasteiger partial charge on any atom is 0.146 e. The molecule has 0 atom stereocenters. The molecular formula is C12H20N6. The second kappa shape index (κ2) is 4.70. The highest BCUT2D eigenvalue weighted by molar-refractivity contribution is 5.44. The fourth-order valence-corrected chi connectivity index (χ4v) is 2.15. The summed E-state index contributed by atoms with van der Waals surface area (Å²) in [5.74, 6) is 2.81. The topological polar surface area (TPSA) is 70.3 Å². The molecule has 18 heavy (non-hydrogen) atoms. The molecule has 2 fully saturated rings. The van der Waals surface area contributed by atoms with Crippen LogP contribution in [0.3, 0.4) is 0 Å². The molecule has 2 aliphatic rings. The standard InChI is InChI=1S/C12H20N6/c1-17-4-6-18(7-5-17)16-11-8-10(13)14-12(15-11)9-2-3-9/h8-9H,2-7H2,1H3,(H3,13,14,15,16). The number of aromatic nitrogens is 2. The number of piperazine rings is 1. The first kappa shape index (κ1) is 11.7. The summed E-state index contributed by atoms with van der Waals surface area (Å²) in [6.45, 7) is 4.14. The van der Waals surface area contributed by atoms with Gasteiger partial charge in [0.15, 0.2) is 0 Å². The first-order valence-electron chi connectivity index (χ1n) is 6.55. The largest absolute Gasteiger partial charge is 0.384 e. The van der Waals surface area contributed by atoms with Gasteiger partial charge in [-0.2, -0.15) is 0 Å². The fourth-order valence-electron chi connectivity index (χ4n) is 2.15. The molecular weight excluding hydrogens is 228 g/mol. The number of nitrogen functional groups attached to an aromatic ring is 1. The zero-order valence-corrected chi connectivity index (χ0v) is 10.8. The lowest BCUT2D eigenvalue weighted by molar-refractivity contribution is 0.178. The summed E-state index contributed by atoms with van der Waals surface area (Å²) >= 11 is 0. The Morgan fingerprint density at radius 3 is 2.61 bits per heavy atom. The van der Waals surface area contributed by atoms with Crippen LogP contribution in [0.2, 0.25) is 0 Å². The van der Waals surface area contributed by atoms with Crippen molar-refractivity contribution in [2.75, 3.05) is 44.4 Å². The van der Waals surface area contributed by atoms with Crippen LogP contribution in [0.15, 0.2) is 6.07 Å². The molecule has 0 spiro atoms. The summed E-state index contributed by atoms with van der Waals surface area (Å²) in [6, 6.07) is 1.81. The van der Waals surface area contributed by atoms with Gasteiger partial charge in [-0.3, -0.25) is 0 Å². The molecule has 6 nitrogen and oxygen atoms in total. The van der Waals surface area contributed by atoms with E-state index in [-0.39, 0.29) is 0 Å². The van der Waals surface area contributed by atoms with Crippen molar-refractivity contribution in [1.29, 1.82) is 0 Å². The minimum absolute atomic E-state index is 0.529. The van der Waals surface area contributed by atoms with Crippen molar-refractivity contribution in [2.45, 2.75) is 18.8 Å². The summed E-state index contributed by atoms with van der Waals surface area (Å²) in [7, 11) is 2.14. The third-order valence-corrected chi connectivity index (χ3v) is 3.48. The molecule has 0 amide bonds. The van der Waals surface area contributed by atoms with Crippen molar-refractivity contribution in [2.24, 2.45) is 0 Å². The lowest BCUT2D eigenvalue weighted by Gasteiger charge is -2.32. The first-order valence-corrected chi connectivity index (χ1v) is 6.55. The number of likely N-dealkylation sites (N-methyl/N-ethyl adjacent to an activating group) is 1. The van der Waals surface area contributed by atoms with Gasteiger partial charge in [-0.25, -0.2) is 15.0 Å². The molecule has 2 heterocycles. The lowest BCUT2D eigenvalue weighted by Crippen LogP contribution is -2.47. The number of nitrogens with zero attached hydrogens (tertiary/aromatic N) is 4. The molecule has 1 aliphatic carbocycles. The monoisotopic (exact) mass is 248 g/mol. The van der Waals surface area contributed by atoms with Crippen LogP contribution >= 0.6 is 0 Å². The highest BCUT2D eigenvalue weighted by Crippen LogP contribution is 2.38.